The minimum atomic E-state index is -0.196. The van der Waals surface area contributed by atoms with Gasteiger partial charge in [0.15, 0.2) is 0 Å². The smallest absolute Gasteiger partial charge is 0.226 e. The molecule has 4 nitrogen and oxygen atoms in total. The van der Waals surface area contributed by atoms with Crippen molar-refractivity contribution >= 4 is 5.91 Å². The van der Waals surface area contributed by atoms with Crippen molar-refractivity contribution in [3.05, 3.63) is 0 Å². The molecule has 3 rings (SSSR count). The second-order valence-electron chi connectivity index (χ2n) is 6.20. The first-order valence-corrected chi connectivity index (χ1v) is 7.25. The molecule has 3 fully saturated rings. The van der Waals surface area contributed by atoms with E-state index in [1.54, 1.807) is 0 Å². The first-order chi connectivity index (χ1) is 8.66. The quantitative estimate of drug-likeness (QED) is 0.763. The van der Waals surface area contributed by atoms with Gasteiger partial charge in [0.2, 0.25) is 5.91 Å². The topological polar surface area (TPSA) is 49.8 Å². The van der Waals surface area contributed by atoms with Crippen molar-refractivity contribution in [1.29, 1.82) is 0 Å². The van der Waals surface area contributed by atoms with E-state index in [-0.39, 0.29) is 12.0 Å². The van der Waals surface area contributed by atoms with Gasteiger partial charge in [-0.05, 0) is 38.0 Å². The van der Waals surface area contributed by atoms with Gasteiger partial charge in [0.25, 0.3) is 0 Å². The summed E-state index contributed by atoms with van der Waals surface area (Å²) in [4.78, 5) is 14.8. The summed E-state index contributed by atoms with van der Waals surface area (Å²) in [6.07, 6.45) is 4.37. The molecule has 0 radical (unpaired) electrons. The molecule has 4 unspecified atom stereocenters. The maximum atomic E-state index is 12.7. The number of ether oxygens (including phenoxy) is 1. The van der Waals surface area contributed by atoms with Crippen LogP contribution in [0.15, 0.2) is 0 Å². The number of aliphatic hydroxyl groups excluding tert-OH is 1. The van der Waals surface area contributed by atoms with Crippen LogP contribution in [0, 0.1) is 11.8 Å². The van der Waals surface area contributed by atoms with Gasteiger partial charge in [0, 0.05) is 31.2 Å². The minimum absolute atomic E-state index is 0.136. The lowest BCUT2D eigenvalue weighted by molar-refractivity contribution is -0.147. The summed E-state index contributed by atoms with van der Waals surface area (Å²) in [5.41, 5.74) is 0. The number of rotatable bonds is 1. The number of hydrogen-bond donors (Lipinski definition) is 1. The third kappa shape index (κ3) is 2.05. The van der Waals surface area contributed by atoms with Gasteiger partial charge in [-0.25, -0.2) is 0 Å². The summed E-state index contributed by atoms with van der Waals surface area (Å²) in [6, 6.07) is 0.586. The first kappa shape index (κ1) is 12.4. The predicted octanol–water partition coefficient (Wildman–Crippen LogP) is 1.17. The van der Waals surface area contributed by atoms with Crippen LogP contribution < -0.4 is 0 Å². The Morgan fingerprint density at radius 2 is 1.89 bits per heavy atom. The van der Waals surface area contributed by atoms with Gasteiger partial charge in [-0.1, -0.05) is 6.92 Å². The normalized spacial score (nSPS) is 44.1. The van der Waals surface area contributed by atoms with Crippen molar-refractivity contribution in [3.8, 4) is 0 Å². The molecule has 102 valence electrons. The van der Waals surface area contributed by atoms with Gasteiger partial charge in [-0.3, -0.25) is 4.79 Å². The van der Waals surface area contributed by atoms with E-state index in [9.17, 15) is 9.90 Å². The summed E-state index contributed by atoms with van der Waals surface area (Å²) >= 11 is 0. The van der Waals surface area contributed by atoms with E-state index in [1.807, 2.05) is 0 Å². The molecule has 1 N–H and O–H groups in total. The Balaban J connectivity index is 1.72. The SMILES string of the molecule is CC1COCCC1C(=O)N1C2CCC1CC(O)C2. The molecular formula is C14H23NO3. The van der Waals surface area contributed by atoms with E-state index in [2.05, 4.69) is 11.8 Å². The Morgan fingerprint density at radius 3 is 2.50 bits per heavy atom. The minimum Gasteiger partial charge on any atom is -0.393 e. The van der Waals surface area contributed by atoms with Gasteiger partial charge >= 0.3 is 0 Å². The number of nitrogens with zero attached hydrogens (tertiary/aromatic N) is 1. The van der Waals surface area contributed by atoms with Crippen LogP contribution in [0.5, 0.6) is 0 Å². The van der Waals surface area contributed by atoms with E-state index < -0.39 is 0 Å². The molecule has 0 aromatic carbocycles. The molecule has 3 aliphatic rings. The van der Waals surface area contributed by atoms with Crippen molar-refractivity contribution < 1.29 is 14.6 Å². The maximum Gasteiger partial charge on any atom is 0.226 e. The molecule has 3 saturated heterocycles. The molecule has 0 aromatic heterocycles. The monoisotopic (exact) mass is 253 g/mol. The number of fused-ring (bicyclic) bond motifs is 2. The molecule has 4 atom stereocenters. The molecule has 0 aromatic rings. The Morgan fingerprint density at radius 1 is 1.22 bits per heavy atom. The van der Waals surface area contributed by atoms with Crippen molar-refractivity contribution in [3.63, 3.8) is 0 Å². The molecule has 4 heteroatoms. The van der Waals surface area contributed by atoms with Gasteiger partial charge < -0.3 is 14.7 Å². The highest BCUT2D eigenvalue weighted by molar-refractivity contribution is 5.80. The third-order valence-electron chi connectivity index (χ3n) is 4.92. The van der Waals surface area contributed by atoms with Crippen LogP contribution in [0.3, 0.4) is 0 Å². The summed E-state index contributed by atoms with van der Waals surface area (Å²) in [6.45, 7) is 3.54. The zero-order valence-electron chi connectivity index (χ0n) is 11.0. The zero-order valence-corrected chi connectivity index (χ0v) is 11.0. The summed E-state index contributed by atoms with van der Waals surface area (Å²) in [5.74, 6) is 0.791. The Hall–Kier alpha value is -0.610. The predicted molar refractivity (Wildman–Crippen MR) is 67.0 cm³/mol. The van der Waals surface area contributed by atoms with Crippen LogP contribution in [0.4, 0.5) is 0 Å². The van der Waals surface area contributed by atoms with Crippen LogP contribution in [0.25, 0.3) is 0 Å². The molecule has 1 amide bonds. The Labute approximate surface area is 108 Å². The molecule has 2 bridgehead atoms. The molecule has 0 saturated carbocycles. The molecule has 0 aliphatic carbocycles. The van der Waals surface area contributed by atoms with Crippen LogP contribution in [0.1, 0.15) is 39.0 Å². The van der Waals surface area contributed by atoms with E-state index in [0.29, 0.717) is 37.1 Å². The van der Waals surface area contributed by atoms with Gasteiger partial charge in [0.1, 0.15) is 0 Å². The second kappa shape index (κ2) is 4.82. The lowest BCUT2D eigenvalue weighted by Gasteiger charge is -2.41. The highest BCUT2D eigenvalue weighted by atomic mass is 16.5. The average Bonchev–Trinajstić information content (AvgIpc) is 2.61. The third-order valence-corrected chi connectivity index (χ3v) is 4.92. The fraction of sp³-hybridized carbons (Fsp3) is 0.929. The Bertz CT molecular complexity index is 319. The molecule has 3 heterocycles. The van der Waals surface area contributed by atoms with Gasteiger partial charge in [-0.2, -0.15) is 0 Å². The van der Waals surface area contributed by atoms with Crippen molar-refractivity contribution in [2.45, 2.75) is 57.2 Å². The number of hydrogen-bond acceptors (Lipinski definition) is 3. The fourth-order valence-electron chi connectivity index (χ4n) is 3.95. The highest BCUT2D eigenvalue weighted by Crippen LogP contribution is 2.38. The van der Waals surface area contributed by atoms with Crippen LogP contribution in [-0.2, 0) is 9.53 Å². The van der Waals surface area contributed by atoms with E-state index in [0.717, 1.165) is 32.1 Å². The van der Waals surface area contributed by atoms with Gasteiger partial charge in [-0.15, -0.1) is 0 Å². The summed E-state index contributed by atoms with van der Waals surface area (Å²) in [5, 5.41) is 9.79. The zero-order chi connectivity index (χ0) is 12.7. The number of carbonyl (C=O) groups excluding carboxylic acids is 1. The average molecular weight is 253 g/mol. The van der Waals surface area contributed by atoms with Crippen LogP contribution in [-0.4, -0.2) is 47.3 Å². The Kier molecular flexibility index (Phi) is 3.32. The molecule has 18 heavy (non-hydrogen) atoms. The van der Waals surface area contributed by atoms with Crippen molar-refractivity contribution in [2.24, 2.45) is 11.8 Å². The molecular weight excluding hydrogens is 230 g/mol. The number of carbonyl (C=O) groups is 1. The first-order valence-electron chi connectivity index (χ1n) is 7.25. The van der Waals surface area contributed by atoms with E-state index in [1.165, 1.54) is 0 Å². The van der Waals surface area contributed by atoms with E-state index in [4.69, 9.17) is 4.74 Å². The lowest BCUT2D eigenvalue weighted by atomic mass is 9.87. The standard InChI is InChI=1S/C14H23NO3/c1-9-8-18-5-4-13(9)14(17)15-10-2-3-11(15)7-12(16)6-10/h9-13,16H,2-8H2,1H3. The lowest BCUT2D eigenvalue weighted by Crippen LogP contribution is -2.52. The van der Waals surface area contributed by atoms with E-state index >= 15 is 0 Å². The van der Waals surface area contributed by atoms with Crippen molar-refractivity contribution in [2.75, 3.05) is 13.2 Å². The van der Waals surface area contributed by atoms with Crippen LogP contribution in [0.2, 0.25) is 0 Å². The fourth-order valence-corrected chi connectivity index (χ4v) is 3.95. The number of piperidine rings is 1. The van der Waals surface area contributed by atoms with Crippen molar-refractivity contribution in [1.82, 2.24) is 4.90 Å². The molecule has 3 aliphatic heterocycles. The van der Waals surface area contributed by atoms with Gasteiger partial charge in [0.05, 0.1) is 6.10 Å². The summed E-state index contributed by atoms with van der Waals surface area (Å²) in [7, 11) is 0. The highest BCUT2D eigenvalue weighted by Gasteiger charge is 2.45. The summed E-state index contributed by atoms with van der Waals surface area (Å²) < 4.78 is 5.43. The largest absolute Gasteiger partial charge is 0.393 e. The number of aliphatic hydroxyl groups is 1. The number of amides is 1. The maximum absolute atomic E-state index is 12.7. The second-order valence-corrected chi connectivity index (χ2v) is 6.20. The van der Waals surface area contributed by atoms with Crippen LogP contribution >= 0.6 is 0 Å². The molecule has 0 spiro atoms.